The van der Waals surface area contributed by atoms with Crippen molar-refractivity contribution in [3.05, 3.63) is 41.2 Å². The first-order valence-corrected chi connectivity index (χ1v) is 9.69. The van der Waals surface area contributed by atoms with E-state index in [2.05, 4.69) is 15.4 Å². The van der Waals surface area contributed by atoms with E-state index in [0.717, 1.165) is 41.9 Å². The van der Waals surface area contributed by atoms with Crippen molar-refractivity contribution in [3.8, 4) is 11.3 Å². The minimum atomic E-state index is -0.144. The van der Waals surface area contributed by atoms with E-state index in [1.807, 2.05) is 45.0 Å². The SMILES string of the molecule is Cc1cc(-c2cn(C)nc2C2CCCCN2C(=O)c2cc(C(C)C)no2)on1. The van der Waals surface area contributed by atoms with Gasteiger partial charge < -0.3 is 13.9 Å². The van der Waals surface area contributed by atoms with Crippen molar-refractivity contribution in [2.45, 2.75) is 52.0 Å². The third-order valence-corrected chi connectivity index (χ3v) is 5.16. The summed E-state index contributed by atoms with van der Waals surface area (Å²) in [5, 5.41) is 12.7. The molecule has 0 spiro atoms. The Balaban J connectivity index is 1.69. The Bertz CT molecular complexity index is 984. The van der Waals surface area contributed by atoms with Crippen molar-refractivity contribution in [1.82, 2.24) is 25.0 Å². The van der Waals surface area contributed by atoms with Gasteiger partial charge in [0.2, 0.25) is 5.76 Å². The predicted octanol–water partition coefficient (Wildman–Crippen LogP) is 3.86. The second kappa shape index (κ2) is 7.26. The summed E-state index contributed by atoms with van der Waals surface area (Å²) in [4.78, 5) is 15.1. The fraction of sp³-hybridized carbons (Fsp3) is 0.500. The minimum absolute atomic E-state index is 0.143. The zero-order chi connectivity index (χ0) is 19.8. The summed E-state index contributed by atoms with van der Waals surface area (Å²) < 4.78 is 12.6. The van der Waals surface area contributed by atoms with Gasteiger partial charge in [0.15, 0.2) is 5.76 Å². The molecular formula is C20H25N5O3. The van der Waals surface area contributed by atoms with Gasteiger partial charge in [-0.15, -0.1) is 0 Å². The number of carbonyl (C=O) groups excluding carboxylic acids is 1. The van der Waals surface area contributed by atoms with Crippen molar-refractivity contribution in [2.24, 2.45) is 7.05 Å². The molecule has 3 aromatic heterocycles. The normalized spacial score (nSPS) is 17.5. The van der Waals surface area contributed by atoms with Crippen molar-refractivity contribution in [3.63, 3.8) is 0 Å². The highest BCUT2D eigenvalue weighted by Crippen LogP contribution is 2.37. The first-order chi connectivity index (χ1) is 13.4. The van der Waals surface area contributed by atoms with Crippen LogP contribution in [0.2, 0.25) is 0 Å². The number of aryl methyl sites for hydroxylation is 2. The van der Waals surface area contributed by atoms with E-state index < -0.39 is 0 Å². The number of carbonyl (C=O) groups is 1. The van der Waals surface area contributed by atoms with E-state index in [-0.39, 0.29) is 23.6 Å². The van der Waals surface area contributed by atoms with E-state index in [1.54, 1.807) is 10.7 Å². The maximum Gasteiger partial charge on any atom is 0.293 e. The van der Waals surface area contributed by atoms with Gasteiger partial charge in [0.1, 0.15) is 0 Å². The third kappa shape index (κ3) is 3.34. The Morgan fingerprint density at radius 3 is 2.71 bits per heavy atom. The van der Waals surface area contributed by atoms with Crippen LogP contribution < -0.4 is 0 Å². The highest BCUT2D eigenvalue weighted by molar-refractivity contribution is 5.92. The number of rotatable bonds is 4. The first-order valence-electron chi connectivity index (χ1n) is 9.69. The number of nitrogens with zero attached hydrogens (tertiary/aromatic N) is 5. The van der Waals surface area contributed by atoms with E-state index in [4.69, 9.17) is 9.05 Å². The molecule has 1 fully saturated rings. The summed E-state index contributed by atoms with van der Waals surface area (Å²) in [7, 11) is 1.87. The van der Waals surface area contributed by atoms with E-state index in [9.17, 15) is 4.79 Å². The Morgan fingerprint density at radius 2 is 2.04 bits per heavy atom. The molecule has 0 bridgehead atoms. The molecule has 28 heavy (non-hydrogen) atoms. The summed E-state index contributed by atoms with van der Waals surface area (Å²) in [6, 6.07) is 3.49. The molecule has 1 amide bonds. The lowest BCUT2D eigenvalue weighted by Gasteiger charge is -2.34. The fourth-order valence-corrected chi connectivity index (χ4v) is 3.69. The van der Waals surface area contributed by atoms with Gasteiger partial charge in [-0.2, -0.15) is 5.10 Å². The molecule has 1 atom stereocenters. The second-order valence-corrected chi connectivity index (χ2v) is 7.72. The summed E-state index contributed by atoms with van der Waals surface area (Å²) in [5.74, 6) is 1.01. The van der Waals surface area contributed by atoms with Crippen LogP contribution in [0.25, 0.3) is 11.3 Å². The van der Waals surface area contributed by atoms with Crippen molar-refractivity contribution in [1.29, 1.82) is 0 Å². The molecule has 0 aliphatic carbocycles. The minimum Gasteiger partial charge on any atom is -0.356 e. The molecule has 1 aliphatic heterocycles. The van der Waals surface area contributed by atoms with E-state index in [0.29, 0.717) is 12.3 Å². The van der Waals surface area contributed by atoms with Gasteiger partial charge in [0.25, 0.3) is 5.91 Å². The van der Waals surface area contributed by atoms with Crippen molar-refractivity contribution >= 4 is 5.91 Å². The summed E-state index contributed by atoms with van der Waals surface area (Å²) in [6.45, 7) is 6.59. The molecule has 0 radical (unpaired) electrons. The number of amides is 1. The molecule has 1 aliphatic rings. The van der Waals surface area contributed by atoms with Gasteiger partial charge in [-0.05, 0) is 32.1 Å². The van der Waals surface area contributed by atoms with Crippen LogP contribution in [0.5, 0.6) is 0 Å². The van der Waals surface area contributed by atoms with E-state index >= 15 is 0 Å². The number of hydrogen-bond donors (Lipinski definition) is 0. The molecule has 4 heterocycles. The Hall–Kier alpha value is -2.90. The Labute approximate surface area is 163 Å². The molecule has 8 heteroatoms. The quantitative estimate of drug-likeness (QED) is 0.679. The van der Waals surface area contributed by atoms with Gasteiger partial charge >= 0.3 is 0 Å². The average molecular weight is 383 g/mol. The molecule has 3 aromatic rings. The van der Waals surface area contributed by atoms with Gasteiger partial charge in [0.05, 0.1) is 28.7 Å². The first kappa shape index (κ1) is 18.5. The molecule has 1 saturated heterocycles. The second-order valence-electron chi connectivity index (χ2n) is 7.72. The lowest BCUT2D eigenvalue weighted by molar-refractivity contribution is 0.0563. The fourth-order valence-electron chi connectivity index (χ4n) is 3.69. The standard InChI is InChI=1S/C20H25N5O3/c1-12(2)15-10-18(28-23-15)20(26)25-8-6-5-7-16(25)19-14(11-24(4)21-19)17-9-13(3)22-27-17/h9-12,16H,5-8H2,1-4H3. The van der Waals surface area contributed by atoms with Crippen LogP contribution in [0.15, 0.2) is 27.4 Å². The van der Waals surface area contributed by atoms with Crippen LogP contribution in [-0.4, -0.2) is 37.4 Å². The summed E-state index contributed by atoms with van der Waals surface area (Å²) in [5.41, 5.74) is 3.29. The van der Waals surface area contributed by atoms with E-state index in [1.165, 1.54) is 0 Å². The molecule has 0 saturated carbocycles. The van der Waals surface area contributed by atoms with Crippen molar-refractivity contribution in [2.75, 3.05) is 6.54 Å². The topological polar surface area (TPSA) is 90.2 Å². The average Bonchev–Trinajstić information content (AvgIpc) is 3.40. The van der Waals surface area contributed by atoms with Crippen LogP contribution in [0, 0.1) is 6.92 Å². The number of piperidine rings is 1. The molecule has 0 aromatic carbocycles. The zero-order valence-electron chi connectivity index (χ0n) is 16.7. The molecule has 1 unspecified atom stereocenters. The van der Waals surface area contributed by atoms with Crippen LogP contribution in [0.4, 0.5) is 0 Å². The molecular weight excluding hydrogens is 358 g/mol. The zero-order valence-corrected chi connectivity index (χ0v) is 16.7. The van der Waals surface area contributed by atoms with Crippen molar-refractivity contribution < 1.29 is 13.8 Å². The third-order valence-electron chi connectivity index (χ3n) is 5.16. The van der Waals surface area contributed by atoms with Crippen LogP contribution in [-0.2, 0) is 7.05 Å². The highest BCUT2D eigenvalue weighted by atomic mass is 16.5. The lowest BCUT2D eigenvalue weighted by Crippen LogP contribution is -2.38. The highest BCUT2D eigenvalue weighted by Gasteiger charge is 2.34. The maximum absolute atomic E-state index is 13.2. The molecule has 8 nitrogen and oxygen atoms in total. The smallest absolute Gasteiger partial charge is 0.293 e. The Kier molecular flexibility index (Phi) is 4.78. The van der Waals surface area contributed by atoms with Crippen LogP contribution >= 0.6 is 0 Å². The number of hydrogen-bond acceptors (Lipinski definition) is 6. The van der Waals surface area contributed by atoms with Crippen LogP contribution in [0.1, 0.15) is 72.7 Å². The molecule has 4 rings (SSSR count). The maximum atomic E-state index is 13.2. The number of likely N-dealkylation sites (tertiary alicyclic amines) is 1. The monoisotopic (exact) mass is 383 g/mol. The van der Waals surface area contributed by atoms with Gasteiger partial charge in [-0.3, -0.25) is 9.48 Å². The number of aromatic nitrogens is 4. The van der Waals surface area contributed by atoms with Crippen LogP contribution in [0.3, 0.4) is 0 Å². The molecule has 148 valence electrons. The summed E-state index contributed by atoms with van der Waals surface area (Å²) in [6.07, 6.45) is 4.75. The summed E-state index contributed by atoms with van der Waals surface area (Å²) >= 11 is 0. The lowest BCUT2D eigenvalue weighted by atomic mass is 9.96. The largest absolute Gasteiger partial charge is 0.356 e. The van der Waals surface area contributed by atoms with Gasteiger partial charge in [-0.1, -0.05) is 24.2 Å². The van der Waals surface area contributed by atoms with Gasteiger partial charge in [-0.25, -0.2) is 0 Å². The predicted molar refractivity (Wildman–Crippen MR) is 102 cm³/mol. The van der Waals surface area contributed by atoms with Gasteiger partial charge in [0, 0.05) is 31.9 Å². The Morgan fingerprint density at radius 1 is 1.21 bits per heavy atom. The molecule has 0 N–H and O–H groups in total.